The summed E-state index contributed by atoms with van der Waals surface area (Å²) in [7, 11) is 1.34. The van der Waals surface area contributed by atoms with Crippen LogP contribution in [0.25, 0.3) is 10.9 Å². The Hall–Kier alpha value is -2.18. The summed E-state index contributed by atoms with van der Waals surface area (Å²) >= 11 is 0. The van der Waals surface area contributed by atoms with E-state index < -0.39 is 17.4 Å². The van der Waals surface area contributed by atoms with E-state index >= 15 is 0 Å². The minimum absolute atomic E-state index is 0.00356. The van der Waals surface area contributed by atoms with E-state index in [1.807, 2.05) is 0 Å². The first-order valence-corrected chi connectivity index (χ1v) is 4.90. The van der Waals surface area contributed by atoms with Gasteiger partial charge in [0.1, 0.15) is 11.4 Å². The lowest BCUT2D eigenvalue weighted by molar-refractivity contribution is -0.140. The second-order valence-corrected chi connectivity index (χ2v) is 3.63. The zero-order valence-electron chi connectivity index (χ0n) is 9.26. The van der Waals surface area contributed by atoms with Gasteiger partial charge in [0.05, 0.1) is 18.4 Å². The molecule has 0 aliphatic carbocycles. The average molecular weight is 258 g/mol. The number of methoxy groups -OCH3 is 1. The molecule has 0 fully saturated rings. The number of aromatic nitrogens is 1. The highest BCUT2D eigenvalue weighted by Crippen LogP contribution is 2.39. The second kappa shape index (κ2) is 3.94. The number of hydrogen-bond acceptors (Lipinski definition) is 3. The Balaban J connectivity index is 2.87. The molecule has 0 aliphatic rings. The number of H-pyrrole nitrogens is 1. The first kappa shape index (κ1) is 12.3. The van der Waals surface area contributed by atoms with Crippen molar-refractivity contribution in [3.63, 3.8) is 0 Å². The molecule has 2 aromatic rings. The van der Waals surface area contributed by atoms with Gasteiger partial charge in [0, 0.05) is 10.9 Å². The molecule has 2 rings (SSSR count). The quantitative estimate of drug-likeness (QED) is 0.642. The summed E-state index contributed by atoms with van der Waals surface area (Å²) in [4.78, 5) is 13.0. The fraction of sp³-hybridized carbons (Fsp3) is 0.182. The van der Waals surface area contributed by atoms with E-state index in [2.05, 4.69) is 4.98 Å². The number of aldehydes is 1. The van der Waals surface area contributed by atoms with Crippen molar-refractivity contribution in [1.29, 1.82) is 0 Å². The molecule has 0 atom stereocenters. The first-order chi connectivity index (χ1) is 8.40. The van der Waals surface area contributed by atoms with Crippen molar-refractivity contribution in [3.05, 3.63) is 23.4 Å². The topological polar surface area (TPSA) is 68.1 Å². The molecular weight excluding hydrogens is 249 g/mol. The van der Waals surface area contributed by atoms with Crippen LogP contribution in [0.15, 0.2) is 12.1 Å². The summed E-state index contributed by atoms with van der Waals surface area (Å²) in [5.74, 6) is 0.221. The molecule has 4 nitrogen and oxygen atoms in total. The highest BCUT2D eigenvalue weighted by molar-refractivity contribution is 6.06. The van der Waals surface area contributed by atoms with Crippen molar-refractivity contribution in [2.45, 2.75) is 6.18 Å². The number of nitrogens with one attached hydrogen (secondary N) is 1. The van der Waals surface area contributed by atoms with Crippen LogP contribution in [0, 0.1) is 0 Å². The van der Waals surface area contributed by atoms with E-state index in [9.17, 15) is 18.0 Å². The molecular formula is C11H9F3N2O2. The predicted molar refractivity (Wildman–Crippen MR) is 59.7 cm³/mol. The normalized spacial score (nSPS) is 11.8. The highest BCUT2D eigenvalue weighted by atomic mass is 19.4. The maximum absolute atomic E-state index is 12.7. The summed E-state index contributed by atoms with van der Waals surface area (Å²) in [6.07, 6.45) is -4.51. The van der Waals surface area contributed by atoms with E-state index in [4.69, 9.17) is 10.5 Å². The van der Waals surface area contributed by atoms with Gasteiger partial charge >= 0.3 is 6.18 Å². The fourth-order valence-corrected chi connectivity index (χ4v) is 1.84. The van der Waals surface area contributed by atoms with Crippen LogP contribution in [-0.2, 0) is 6.18 Å². The SMILES string of the molecule is COc1ccc2[nH]c(C(F)(F)F)c(C=O)c2c1N. The molecule has 0 spiro atoms. The van der Waals surface area contributed by atoms with Crippen LogP contribution in [0.3, 0.4) is 0 Å². The lowest BCUT2D eigenvalue weighted by Gasteiger charge is -2.05. The molecule has 18 heavy (non-hydrogen) atoms. The Morgan fingerprint density at radius 1 is 1.39 bits per heavy atom. The Morgan fingerprint density at radius 3 is 2.56 bits per heavy atom. The van der Waals surface area contributed by atoms with Crippen molar-refractivity contribution in [1.82, 2.24) is 4.98 Å². The van der Waals surface area contributed by atoms with Gasteiger partial charge in [-0.2, -0.15) is 13.2 Å². The molecule has 1 aromatic carbocycles. The zero-order valence-corrected chi connectivity index (χ0v) is 9.26. The number of hydrogen-bond donors (Lipinski definition) is 2. The number of benzene rings is 1. The third kappa shape index (κ3) is 1.68. The van der Waals surface area contributed by atoms with Crippen LogP contribution < -0.4 is 10.5 Å². The molecule has 0 saturated heterocycles. The number of fused-ring (bicyclic) bond motifs is 1. The maximum atomic E-state index is 12.7. The third-order valence-electron chi connectivity index (χ3n) is 2.63. The lowest BCUT2D eigenvalue weighted by Crippen LogP contribution is -2.08. The first-order valence-electron chi connectivity index (χ1n) is 4.90. The smallest absolute Gasteiger partial charge is 0.431 e. The summed E-state index contributed by atoms with van der Waals surface area (Å²) in [5, 5.41) is 0.0247. The van der Waals surface area contributed by atoms with Crippen molar-refractivity contribution in [2.24, 2.45) is 0 Å². The third-order valence-corrected chi connectivity index (χ3v) is 2.63. The van der Waals surface area contributed by atoms with E-state index in [0.29, 0.717) is 0 Å². The van der Waals surface area contributed by atoms with Gasteiger partial charge < -0.3 is 15.5 Å². The van der Waals surface area contributed by atoms with Crippen molar-refractivity contribution >= 4 is 22.9 Å². The van der Waals surface area contributed by atoms with Crippen LogP contribution >= 0.6 is 0 Å². The van der Waals surface area contributed by atoms with Crippen LogP contribution in [0.4, 0.5) is 18.9 Å². The summed E-state index contributed by atoms with van der Waals surface area (Å²) in [5.41, 5.74) is 4.23. The van der Waals surface area contributed by atoms with E-state index in [1.54, 1.807) is 0 Å². The van der Waals surface area contributed by atoms with Crippen molar-refractivity contribution < 1.29 is 22.7 Å². The molecule has 0 aliphatic heterocycles. The number of carbonyl (C=O) groups excluding carboxylic acids is 1. The van der Waals surface area contributed by atoms with Crippen molar-refractivity contribution in [2.75, 3.05) is 12.8 Å². The highest BCUT2D eigenvalue weighted by Gasteiger charge is 2.37. The molecule has 1 aromatic heterocycles. The molecule has 0 bridgehead atoms. The summed E-state index contributed by atoms with van der Waals surface area (Å²) in [6.45, 7) is 0. The number of rotatable bonds is 2. The van der Waals surface area contributed by atoms with Crippen LogP contribution in [0.5, 0.6) is 5.75 Å². The maximum Gasteiger partial charge on any atom is 0.431 e. The van der Waals surface area contributed by atoms with Crippen LogP contribution in [0.1, 0.15) is 16.1 Å². The largest absolute Gasteiger partial charge is 0.495 e. The number of aromatic amines is 1. The molecule has 0 amide bonds. The Kier molecular flexibility index (Phi) is 2.68. The molecule has 1 heterocycles. The van der Waals surface area contributed by atoms with Gasteiger partial charge in [-0.3, -0.25) is 4.79 Å². The van der Waals surface area contributed by atoms with E-state index in [1.165, 1.54) is 19.2 Å². The van der Waals surface area contributed by atoms with Gasteiger partial charge in [-0.15, -0.1) is 0 Å². The standard InChI is InChI=1S/C11H9F3N2O2/c1-18-7-3-2-6-8(9(7)15)5(4-17)10(16-6)11(12,13)14/h2-4,16H,15H2,1H3. The van der Waals surface area contributed by atoms with Gasteiger partial charge in [0.25, 0.3) is 0 Å². The second-order valence-electron chi connectivity index (χ2n) is 3.63. The molecule has 7 heteroatoms. The van der Waals surface area contributed by atoms with Gasteiger partial charge in [-0.05, 0) is 12.1 Å². The monoisotopic (exact) mass is 258 g/mol. The number of carbonyl (C=O) groups is 1. The number of halogens is 3. The summed E-state index contributed by atoms with van der Waals surface area (Å²) < 4.78 is 43.1. The van der Waals surface area contributed by atoms with Crippen LogP contribution in [0.2, 0.25) is 0 Å². The lowest BCUT2D eigenvalue weighted by atomic mass is 10.1. The zero-order chi connectivity index (χ0) is 13.5. The predicted octanol–water partition coefficient (Wildman–Crippen LogP) is 2.59. The molecule has 0 saturated carbocycles. The molecule has 3 N–H and O–H groups in total. The van der Waals surface area contributed by atoms with E-state index in [0.717, 1.165) is 0 Å². The van der Waals surface area contributed by atoms with Gasteiger partial charge in [-0.25, -0.2) is 0 Å². The molecule has 96 valence electrons. The number of nitrogen functional groups attached to an aromatic ring is 1. The number of nitrogens with two attached hydrogens (primary N) is 1. The molecule has 0 unspecified atom stereocenters. The average Bonchev–Trinajstić information content (AvgIpc) is 2.68. The molecule has 0 radical (unpaired) electrons. The minimum Gasteiger partial charge on any atom is -0.495 e. The van der Waals surface area contributed by atoms with Crippen molar-refractivity contribution in [3.8, 4) is 5.75 Å². The Bertz CT molecular complexity index is 617. The Morgan fingerprint density at radius 2 is 2.06 bits per heavy atom. The van der Waals surface area contributed by atoms with E-state index in [-0.39, 0.29) is 28.6 Å². The number of ether oxygens (including phenoxy) is 1. The van der Waals surface area contributed by atoms with Gasteiger partial charge in [-0.1, -0.05) is 0 Å². The Labute approximate surface area is 99.5 Å². The number of alkyl halides is 3. The fourth-order valence-electron chi connectivity index (χ4n) is 1.84. The van der Waals surface area contributed by atoms with Gasteiger partial charge in [0.2, 0.25) is 0 Å². The van der Waals surface area contributed by atoms with Gasteiger partial charge in [0.15, 0.2) is 6.29 Å². The summed E-state index contributed by atoms with van der Waals surface area (Å²) in [6, 6.07) is 2.82. The number of anilines is 1. The van der Waals surface area contributed by atoms with Crippen LogP contribution in [-0.4, -0.2) is 18.4 Å². The minimum atomic E-state index is -4.64.